The average Bonchev–Trinajstić information content (AvgIpc) is 2.66. The summed E-state index contributed by atoms with van der Waals surface area (Å²) in [5, 5.41) is 12.0. The molecule has 0 radical (unpaired) electrons. The van der Waals surface area contributed by atoms with Gasteiger partial charge in [0.05, 0.1) is 0 Å². The smallest absolute Gasteiger partial charge is 0.326 e. The maximum absolute atomic E-state index is 12.8. The van der Waals surface area contributed by atoms with Crippen molar-refractivity contribution in [2.45, 2.75) is 40.2 Å². The third kappa shape index (κ3) is 6.43. The van der Waals surface area contributed by atoms with Crippen LogP contribution in [0, 0.1) is 13.8 Å². The fraction of sp³-hybridized carbons (Fsp3) is 0.364. The van der Waals surface area contributed by atoms with Gasteiger partial charge in [-0.2, -0.15) is 11.8 Å². The molecule has 0 saturated heterocycles. The molecule has 1 unspecified atom stereocenters. The first-order chi connectivity index (χ1) is 12.9. The van der Waals surface area contributed by atoms with Crippen LogP contribution in [0.5, 0.6) is 0 Å². The van der Waals surface area contributed by atoms with Gasteiger partial charge in [-0.05, 0) is 55.0 Å². The number of carbonyl (C=O) groups excluding carboxylic acids is 1. The lowest BCUT2D eigenvalue weighted by molar-refractivity contribution is -0.139. The molecule has 2 aromatic rings. The van der Waals surface area contributed by atoms with E-state index in [9.17, 15) is 14.7 Å². The molecule has 0 aliphatic heterocycles. The Kier molecular flexibility index (Phi) is 9.65. The van der Waals surface area contributed by atoms with Crippen molar-refractivity contribution < 1.29 is 14.7 Å². The Bertz CT molecular complexity index is 774. The molecule has 4 nitrogen and oxygen atoms in total. The van der Waals surface area contributed by atoms with E-state index in [1.165, 1.54) is 0 Å². The first-order valence-corrected chi connectivity index (χ1v) is 10.5. The second kappa shape index (κ2) is 11.4. The third-order valence-corrected chi connectivity index (χ3v) is 4.71. The van der Waals surface area contributed by atoms with E-state index in [0.717, 1.165) is 22.3 Å². The van der Waals surface area contributed by atoms with Crippen molar-refractivity contribution in [3.05, 3.63) is 59.2 Å². The summed E-state index contributed by atoms with van der Waals surface area (Å²) in [4.78, 5) is 24.2. The average molecular weight is 388 g/mol. The molecule has 27 heavy (non-hydrogen) atoms. The van der Waals surface area contributed by atoms with E-state index in [1.807, 2.05) is 70.3 Å². The highest BCUT2D eigenvalue weighted by atomic mass is 32.2. The molecule has 0 heterocycles. The quantitative estimate of drug-likeness (QED) is 0.707. The molecule has 146 valence electrons. The summed E-state index contributed by atoms with van der Waals surface area (Å²) in [7, 11) is 0. The topological polar surface area (TPSA) is 66.4 Å². The number of rotatable bonds is 7. The van der Waals surface area contributed by atoms with Crippen LogP contribution in [0.1, 0.15) is 41.8 Å². The van der Waals surface area contributed by atoms with Crippen molar-refractivity contribution in [1.82, 2.24) is 5.32 Å². The molecule has 0 aliphatic carbocycles. The van der Waals surface area contributed by atoms with Gasteiger partial charge in [-0.1, -0.05) is 55.8 Å². The fourth-order valence-corrected chi connectivity index (χ4v) is 3.15. The second-order valence-corrected chi connectivity index (χ2v) is 7.00. The van der Waals surface area contributed by atoms with Crippen molar-refractivity contribution >= 4 is 23.6 Å². The summed E-state index contributed by atoms with van der Waals surface area (Å²) in [5.74, 6) is -0.686. The van der Waals surface area contributed by atoms with Crippen LogP contribution in [0.3, 0.4) is 0 Å². The van der Waals surface area contributed by atoms with E-state index in [2.05, 4.69) is 5.32 Å². The van der Waals surface area contributed by atoms with E-state index < -0.39 is 12.0 Å². The standard InChI is InChI=1S/C20H23NO3S.C2H6/c1-13-8-9-16(17(12-13)15-7-5-4-6-14(15)2)19(22)21-18(20(23)24)10-11-25-3;1-2/h4-9,12,18H,10-11H2,1-3H3,(H,21,22)(H,23,24);1-2H3. The van der Waals surface area contributed by atoms with Gasteiger partial charge < -0.3 is 10.4 Å². The van der Waals surface area contributed by atoms with Gasteiger partial charge in [0.25, 0.3) is 5.91 Å². The molecule has 1 amide bonds. The minimum absolute atomic E-state index is 0.355. The van der Waals surface area contributed by atoms with Crippen LogP contribution in [0.25, 0.3) is 11.1 Å². The van der Waals surface area contributed by atoms with Crippen LogP contribution in [0.4, 0.5) is 0 Å². The van der Waals surface area contributed by atoms with Crippen molar-refractivity contribution in [2.24, 2.45) is 0 Å². The number of thioether (sulfide) groups is 1. The third-order valence-electron chi connectivity index (χ3n) is 4.07. The van der Waals surface area contributed by atoms with E-state index in [0.29, 0.717) is 17.7 Å². The molecule has 0 aliphatic rings. The van der Waals surface area contributed by atoms with Gasteiger partial charge in [-0.3, -0.25) is 4.79 Å². The second-order valence-electron chi connectivity index (χ2n) is 6.01. The van der Waals surface area contributed by atoms with E-state index in [4.69, 9.17) is 0 Å². The van der Waals surface area contributed by atoms with Gasteiger partial charge in [0.1, 0.15) is 6.04 Å². The number of aryl methyl sites for hydroxylation is 2. The minimum Gasteiger partial charge on any atom is -0.480 e. The Morgan fingerprint density at radius 2 is 1.74 bits per heavy atom. The van der Waals surface area contributed by atoms with E-state index in [1.54, 1.807) is 17.8 Å². The predicted octanol–water partition coefficient (Wildman–Crippen LogP) is 4.93. The molecular weight excluding hydrogens is 358 g/mol. The first kappa shape index (κ1) is 22.8. The summed E-state index contributed by atoms with van der Waals surface area (Å²) in [6, 6.07) is 12.6. The van der Waals surface area contributed by atoms with E-state index >= 15 is 0 Å². The lowest BCUT2D eigenvalue weighted by Gasteiger charge is -2.17. The maximum Gasteiger partial charge on any atom is 0.326 e. The van der Waals surface area contributed by atoms with Crippen molar-refractivity contribution in [3.8, 4) is 11.1 Å². The fourth-order valence-electron chi connectivity index (χ4n) is 2.68. The summed E-state index contributed by atoms with van der Waals surface area (Å²) < 4.78 is 0. The highest BCUT2D eigenvalue weighted by Crippen LogP contribution is 2.28. The van der Waals surface area contributed by atoms with Crippen LogP contribution in [-0.4, -0.2) is 35.0 Å². The summed E-state index contributed by atoms with van der Waals surface area (Å²) in [5.41, 5.74) is 4.42. The SMILES string of the molecule is CC.CSCCC(NC(=O)c1ccc(C)cc1-c1ccccc1C)C(=O)O. The Balaban J connectivity index is 0.00000176. The monoisotopic (exact) mass is 387 g/mol. The largest absolute Gasteiger partial charge is 0.480 e. The van der Waals surface area contributed by atoms with Gasteiger partial charge in [0.2, 0.25) is 0 Å². The van der Waals surface area contributed by atoms with Crippen LogP contribution in [-0.2, 0) is 4.79 Å². The molecule has 0 fully saturated rings. The Morgan fingerprint density at radius 1 is 1.07 bits per heavy atom. The zero-order valence-electron chi connectivity index (χ0n) is 16.7. The molecular formula is C22H29NO3S. The Hall–Kier alpha value is -2.27. The number of carbonyl (C=O) groups is 2. The number of amides is 1. The van der Waals surface area contributed by atoms with Gasteiger partial charge in [-0.15, -0.1) is 0 Å². The molecule has 2 aromatic carbocycles. The van der Waals surface area contributed by atoms with Crippen molar-refractivity contribution in [2.75, 3.05) is 12.0 Å². The lowest BCUT2D eigenvalue weighted by Crippen LogP contribution is -2.41. The van der Waals surface area contributed by atoms with Crippen LogP contribution < -0.4 is 5.32 Å². The van der Waals surface area contributed by atoms with Gasteiger partial charge >= 0.3 is 5.97 Å². The molecule has 0 aromatic heterocycles. The summed E-state index contributed by atoms with van der Waals surface area (Å²) in [6.07, 6.45) is 2.31. The van der Waals surface area contributed by atoms with Crippen LogP contribution in [0.2, 0.25) is 0 Å². The summed E-state index contributed by atoms with van der Waals surface area (Å²) >= 11 is 1.56. The first-order valence-electron chi connectivity index (χ1n) is 9.13. The van der Waals surface area contributed by atoms with Crippen LogP contribution >= 0.6 is 11.8 Å². The maximum atomic E-state index is 12.8. The summed E-state index contributed by atoms with van der Waals surface area (Å²) in [6.45, 7) is 7.97. The molecule has 2 N–H and O–H groups in total. The molecule has 1 atom stereocenters. The molecule has 0 spiro atoms. The molecule has 0 saturated carbocycles. The van der Waals surface area contributed by atoms with Crippen molar-refractivity contribution in [3.63, 3.8) is 0 Å². The number of hydrogen-bond acceptors (Lipinski definition) is 3. The number of carboxylic acids is 1. The normalized spacial score (nSPS) is 11.1. The van der Waals surface area contributed by atoms with Gasteiger partial charge in [-0.25, -0.2) is 4.79 Å². The highest BCUT2D eigenvalue weighted by Gasteiger charge is 2.22. The molecule has 2 rings (SSSR count). The van der Waals surface area contributed by atoms with Gasteiger partial charge in [0, 0.05) is 5.56 Å². The zero-order chi connectivity index (χ0) is 20.4. The van der Waals surface area contributed by atoms with E-state index in [-0.39, 0.29) is 5.91 Å². The number of carboxylic acid groups (broad SMARTS) is 1. The number of benzene rings is 2. The number of nitrogens with one attached hydrogen (secondary N) is 1. The molecule has 0 bridgehead atoms. The highest BCUT2D eigenvalue weighted by molar-refractivity contribution is 7.98. The zero-order valence-corrected chi connectivity index (χ0v) is 17.5. The Morgan fingerprint density at radius 3 is 2.33 bits per heavy atom. The van der Waals surface area contributed by atoms with Gasteiger partial charge in [0.15, 0.2) is 0 Å². The number of hydrogen-bond donors (Lipinski definition) is 2. The molecule has 5 heteroatoms. The van der Waals surface area contributed by atoms with Crippen molar-refractivity contribution in [1.29, 1.82) is 0 Å². The number of aliphatic carboxylic acids is 1. The van der Waals surface area contributed by atoms with Crippen LogP contribution in [0.15, 0.2) is 42.5 Å². The Labute approximate surface area is 166 Å². The minimum atomic E-state index is -1.01. The predicted molar refractivity (Wildman–Crippen MR) is 115 cm³/mol. The lowest BCUT2D eigenvalue weighted by atomic mass is 9.94.